The molecule has 0 amide bonds. The van der Waals surface area contributed by atoms with Gasteiger partial charge in [-0.25, -0.2) is 0 Å². The maximum absolute atomic E-state index is 6.01. The number of hydrogen-bond acceptors (Lipinski definition) is 4. The SMILES string of the molecule is CCOc1ccccc1Oc1ccnc2c(N)cccc12. The van der Waals surface area contributed by atoms with E-state index in [0.29, 0.717) is 29.5 Å². The van der Waals surface area contributed by atoms with Gasteiger partial charge in [0, 0.05) is 11.6 Å². The highest BCUT2D eigenvalue weighted by molar-refractivity contribution is 5.93. The fraction of sp³-hybridized carbons (Fsp3) is 0.118. The van der Waals surface area contributed by atoms with Gasteiger partial charge in [-0.05, 0) is 37.3 Å². The van der Waals surface area contributed by atoms with Crippen LogP contribution >= 0.6 is 0 Å². The Balaban J connectivity index is 2.05. The maximum atomic E-state index is 6.01. The molecule has 0 saturated carbocycles. The standard InChI is InChI=1S/C17H16N2O2/c1-2-20-15-8-3-4-9-16(15)21-14-10-11-19-17-12(14)6-5-7-13(17)18/h3-11H,2,18H2,1H3. The van der Waals surface area contributed by atoms with Crippen LogP contribution in [0.3, 0.4) is 0 Å². The zero-order valence-electron chi connectivity index (χ0n) is 11.7. The second-order valence-electron chi connectivity index (χ2n) is 4.53. The van der Waals surface area contributed by atoms with Crippen molar-refractivity contribution in [1.82, 2.24) is 4.98 Å². The zero-order chi connectivity index (χ0) is 14.7. The van der Waals surface area contributed by atoms with E-state index in [1.807, 2.05) is 55.5 Å². The Kier molecular flexibility index (Phi) is 3.60. The molecular weight excluding hydrogens is 264 g/mol. The molecule has 0 unspecified atom stereocenters. The lowest BCUT2D eigenvalue weighted by atomic mass is 10.2. The van der Waals surface area contributed by atoms with Crippen LogP contribution in [-0.4, -0.2) is 11.6 Å². The number of aromatic nitrogens is 1. The summed E-state index contributed by atoms with van der Waals surface area (Å²) in [6.45, 7) is 2.53. The number of benzene rings is 2. The summed E-state index contributed by atoms with van der Waals surface area (Å²) in [5, 5.41) is 0.879. The first kappa shape index (κ1) is 13.2. The largest absolute Gasteiger partial charge is 0.490 e. The molecular formula is C17H16N2O2. The molecule has 0 spiro atoms. The molecule has 2 aromatic carbocycles. The van der Waals surface area contributed by atoms with Gasteiger partial charge in [-0.1, -0.05) is 18.2 Å². The van der Waals surface area contributed by atoms with E-state index >= 15 is 0 Å². The summed E-state index contributed by atoms with van der Waals surface area (Å²) in [7, 11) is 0. The summed E-state index contributed by atoms with van der Waals surface area (Å²) < 4.78 is 11.6. The smallest absolute Gasteiger partial charge is 0.169 e. The third-order valence-electron chi connectivity index (χ3n) is 3.13. The Morgan fingerprint density at radius 3 is 2.57 bits per heavy atom. The molecule has 21 heavy (non-hydrogen) atoms. The average molecular weight is 280 g/mol. The number of anilines is 1. The Morgan fingerprint density at radius 2 is 1.76 bits per heavy atom. The third kappa shape index (κ3) is 2.60. The lowest BCUT2D eigenvalue weighted by Gasteiger charge is -2.13. The van der Waals surface area contributed by atoms with Gasteiger partial charge in [0.25, 0.3) is 0 Å². The summed E-state index contributed by atoms with van der Waals surface area (Å²) in [6, 6.07) is 15.1. The van der Waals surface area contributed by atoms with Crippen LogP contribution in [0.2, 0.25) is 0 Å². The van der Waals surface area contributed by atoms with Crippen molar-refractivity contribution in [3.05, 3.63) is 54.7 Å². The highest BCUT2D eigenvalue weighted by Crippen LogP contribution is 2.35. The average Bonchev–Trinajstić information content (AvgIpc) is 2.51. The molecule has 1 heterocycles. The van der Waals surface area contributed by atoms with E-state index in [1.54, 1.807) is 6.20 Å². The minimum absolute atomic E-state index is 0.588. The van der Waals surface area contributed by atoms with Crippen LogP contribution in [0.4, 0.5) is 5.69 Å². The number of ether oxygens (including phenoxy) is 2. The van der Waals surface area contributed by atoms with Crippen LogP contribution in [-0.2, 0) is 0 Å². The van der Waals surface area contributed by atoms with E-state index in [0.717, 1.165) is 10.9 Å². The Morgan fingerprint density at radius 1 is 0.952 bits per heavy atom. The number of para-hydroxylation sites is 3. The van der Waals surface area contributed by atoms with E-state index in [9.17, 15) is 0 Å². The number of pyridine rings is 1. The van der Waals surface area contributed by atoms with Crippen molar-refractivity contribution in [2.24, 2.45) is 0 Å². The Labute approximate surface area is 123 Å². The molecule has 1 aromatic heterocycles. The number of nitrogens with two attached hydrogens (primary N) is 1. The monoisotopic (exact) mass is 280 g/mol. The van der Waals surface area contributed by atoms with E-state index < -0.39 is 0 Å². The Hall–Kier alpha value is -2.75. The van der Waals surface area contributed by atoms with E-state index in [2.05, 4.69) is 4.98 Å². The first-order chi connectivity index (χ1) is 10.3. The lowest BCUT2D eigenvalue weighted by molar-refractivity contribution is 0.322. The molecule has 0 radical (unpaired) electrons. The predicted octanol–water partition coefficient (Wildman–Crippen LogP) is 4.01. The molecule has 0 saturated heterocycles. The molecule has 106 valence electrons. The molecule has 0 aliphatic carbocycles. The summed E-state index contributed by atoms with van der Waals surface area (Å²) in [4.78, 5) is 4.31. The van der Waals surface area contributed by atoms with Crippen molar-refractivity contribution >= 4 is 16.6 Å². The van der Waals surface area contributed by atoms with Gasteiger partial charge in [-0.2, -0.15) is 0 Å². The highest BCUT2D eigenvalue weighted by atomic mass is 16.5. The molecule has 0 fully saturated rings. The second kappa shape index (κ2) is 5.71. The molecule has 4 nitrogen and oxygen atoms in total. The zero-order valence-corrected chi connectivity index (χ0v) is 11.7. The molecule has 4 heteroatoms. The van der Waals surface area contributed by atoms with Crippen LogP contribution < -0.4 is 15.2 Å². The van der Waals surface area contributed by atoms with Crippen LogP contribution in [0.15, 0.2) is 54.7 Å². The van der Waals surface area contributed by atoms with Gasteiger partial charge in [0.2, 0.25) is 0 Å². The molecule has 0 bridgehead atoms. The predicted molar refractivity (Wildman–Crippen MR) is 83.8 cm³/mol. The number of nitrogen functional groups attached to an aromatic ring is 1. The van der Waals surface area contributed by atoms with Gasteiger partial charge in [0.1, 0.15) is 5.75 Å². The van der Waals surface area contributed by atoms with Gasteiger partial charge >= 0.3 is 0 Å². The number of nitrogens with zero attached hydrogens (tertiary/aromatic N) is 1. The number of rotatable bonds is 4. The number of hydrogen-bond donors (Lipinski definition) is 1. The van der Waals surface area contributed by atoms with Crippen LogP contribution in [0.1, 0.15) is 6.92 Å². The first-order valence-electron chi connectivity index (χ1n) is 6.82. The minimum atomic E-state index is 0.588. The highest BCUT2D eigenvalue weighted by Gasteiger charge is 2.09. The quantitative estimate of drug-likeness (QED) is 0.734. The third-order valence-corrected chi connectivity index (χ3v) is 3.13. The molecule has 3 aromatic rings. The molecule has 2 N–H and O–H groups in total. The maximum Gasteiger partial charge on any atom is 0.169 e. The molecule has 0 aliphatic heterocycles. The van der Waals surface area contributed by atoms with Crippen LogP contribution in [0, 0.1) is 0 Å². The summed E-state index contributed by atoms with van der Waals surface area (Å²) >= 11 is 0. The minimum Gasteiger partial charge on any atom is -0.490 e. The second-order valence-corrected chi connectivity index (χ2v) is 4.53. The van der Waals surface area contributed by atoms with Crippen molar-refractivity contribution in [2.45, 2.75) is 6.92 Å². The molecule has 3 rings (SSSR count). The van der Waals surface area contributed by atoms with Gasteiger partial charge in [0.15, 0.2) is 11.5 Å². The normalized spacial score (nSPS) is 10.5. The van der Waals surface area contributed by atoms with Crippen molar-refractivity contribution < 1.29 is 9.47 Å². The number of fused-ring (bicyclic) bond motifs is 1. The van der Waals surface area contributed by atoms with E-state index in [1.165, 1.54) is 0 Å². The molecule has 0 atom stereocenters. The van der Waals surface area contributed by atoms with Crippen LogP contribution in [0.25, 0.3) is 10.9 Å². The van der Waals surface area contributed by atoms with Gasteiger partial charge in [-0.3, -0.25) is 4.98 Å². The Bertz CT molecular complexity index is 772. The van der Waals surface area contributed by atoms with Crippen LogP contribution in [0.5, 0.6) is 17.2 Å². The van der Waals surface area contributed by atoms with Gasteiger partial charge in [-0.15, -0.1) is 0 Å². The van der Waals surface area contributed by atoms with Crippen molar-refractivity contribution in [3.63, 3.8) is 0 Å². The van der Waals surface area contributed by atoms with Gasteiger partial charge in [0.05, 0.1) is 17.8 Å². The van der Waals surface area contributed by atoms with Crippen molar-refractivity contribution in [2.75, 3.05) is 12.3 Å². The summed E-state index contributed by atoms with van der Waals surface area (Å²) in [6.07, 6.45) is 1.69. The van der Waals surface area contributed by atoms with Crippen molar-refractivity contribution in [3.8, 4) is 17.2 Å². The van der Waals surface area contributed by atoms with E-state index in [4.69, 9.17) is 15.2 Å². The summed E-state index contributed by atoms with van der Waals surface area (Å²) in [5.74, 6) is 2.10. The van der Waals surface area contributed by atoms with Crippen molar-refractivity contribution in [1.29, 1.82) is 0 Å². The fourth-order valence-corrected chi connectivity index (χ4v) is 2.19. The topological polar surface area (TPSA) is 57.4 Å². The fourth-order valence-electron chi connectivity index (χ4n) is 2.19. The molecule has 0 aliphatic rings. The summed E-state index contributed by atoms with van der Waals surface area (Å²) in [5.41, 5.74) is 7.33. The lowest BCUT2D eigenvalue weighted by Crippen LogP contribution is -1.96. The van der Waals surface area contributed by atoms with Gasteiger partial charge < -0.3 is 15.2 Å². The van der Waals surface area contributed by atoms with E-state index in [-0.39, 0.29) is 0 Å². The first-order valence-corrected chi connectivity index (χ1v) is 6.82.